The number of carbonyl (C=O) groups is 3. The number of hydrogen-bond donors (Lipinski definition) is 2. The van der Waals surface area contributed by atoms with Crippen LogP contribution < -0.4 is 0 Å². The fourth-order valence-corrected chi connectivity index (χ4v) is 1.97. The van der Waals surface area contributed by atoms with Crippen LogP contribution in [0.2, 0.25) is 0 Å². The van der Waals surface area contributed by atoms with Gasteiger partial charge in [-0.3, -0.25) is 14.6 Å². The van der Waals surface area contributed by atoms with Gasteiger partial charge in [-0.15, -0.1) is 0 Å². The number of amides is 3. The summed E-state index contributed by atoms with van der Waals surface area (Å²) in [5.41, 5.74) is 0.821. The summed E-state index contributed by atoms with van der Waals surface area (Å²) in [6, 6.07) is 0. The molecule has 2 N–H and O–H groups in total. The number of nitrogens with zero attached hydrogens (tertiary/aromatic N) is 2. The van der Waals surface area contributed by atoms with Crippen molar-refractivity contribution in [2.45, 2.75) is 33.0 Å². The van der Waals surface area contributed by atoms with E-state index in [1.165, 1.54) is 6.20 Å². The van der Waals surface area contributed by atoms with Crippen LogP contribution in [-0.2, 0) is 27.5 Å². The van der Waals surface area contributed by atoms with Crippen LogP contribution in [0, 0.1) is 6.92 Å². The molecule has 3 amide bonds. The molecule has 1 fully saturated rings. The van der Waals surface area contributed by atoms with Crippen LogP contribution in [0.15, 0.2) is 6.20 Å². The number of aliphatic hydroxyl groups excluding tert-OH is 1. The molecule has 0 saturated carbocycles. The van der Waals surface area contributed by atoms with E-state index >= 15 is 0 Å². The van der Waals surface area contributed by atoms with E-state index in [4.69, 9.17) is 4.74 Å². The zero-order valence-electron chi connectivity index (χ0n) is 11.3. The van der Waals surface area contributed by atoms with E-state index in [0.29, 0.717) is 16.2 Å². The van der Waals surface area contributed by atoms with Crippen LogP contribution in [0.4, 0.5) is 4.79 Å². The molecule has 0 aromatic carbocycles. The summed E-state index contributed by atoms with van der Waals surface area (Å²) < 4.78 is 4.87. The van der Waals surface area contributed by atoms with E-state index in [-0.39, 0.29) is 30.8 Å². The summed E-state index contributed by atoms with van der Waals surface area (Å²) in [6.07, 6.45) is 0.263. The average Bonchev–Trinajstić information content (AvgIpc) is 2.79. The average molecular weight is 294 g/mol. The minimum Gasteiger partial charge on any atom is -0.506 e. The molecule has 112 valence electrons. The number of pyridine rings is 1. The lowest BCUT2D eigenvalue weighted by atomic mass is 10.1. The van der Waals surface area contributed by atoms with E-state index in [1.807, 2.05) is 0 Å². The third-order valence-electron chi connectivity index (χ3n) is 3.17. The molecule has 2 heterocycles. The van der Waals surface area contributed by atoms with Gasteiger partial charge in [-0.1, -0.05) is 0 Å². The molecule has 1 aromatic heterocycles. The second-order valence-electron chi connectivity index (χ2n) is 4.53. The smallest absolute Gasteiger partial charge is 0.423 e. The van der Waals surface area contributed by atoms with E-state index in [1.54, 1.807) is 6.92 Å². The van der Waals surface area contributed by atoms with Crippen LogP contribution in [0.1, 0.15) is 29.7 Å². The standard InChI is InChI=1S/C13H14N2O6/c1-7-12(19)9(5-16)8(4-14-7)6-21-13(20)15-10(17)2-3-11(15)18/h4,16,19H,2-3,5-6H2,1H3. The summed E-state index contributed by atoms with van der Waals surface area (Å²) in [5, 5.41) is 19.0. The minimum atomic E-state index is -1.06. The van der Waals surface area contributed by atoms with Crippen LogP contribution >= 0.6 is 0 Å². The summed E-state index contributed by atoms with van der Waals surface area (Å²) in [6.45, 7) is 0.794. The van der Waals surface area contributed by atoms with Crippen molar-refractivity contribution in [1.29, 1.82) is 0 Å². The number of likely N-dealkylation sites (tertiary alicyclic amines) is 1. The second kappa shape index (κ2) is 5.88. The van der Waals surface area contributed by atoms with Crippen LogP contribution in [-0.4, -0.2) is 38.0 Å². The molecule has 0 spiro atoms. The molecule has 8 heteroatoms. The number of carbonyl (C=O) groups excluding carboxylic acids is 3. The molecule has 1 saturated heterocycles. The van der Waals surface area contributed by atoms with Crippen molar-refractivity contribution in [2.75, 3.05) is 0 Å². The third-order valence-corrected chi connectivity index (χ3v) is 3.17. The zero-order chi connectivity index (χ0) is 15.6. The van der Waals surface area contributed by atoms with Gasteiger partial charge in [0, 0.05) is 30.2 Å². The quantitative estimate of drug-likeness (QED) is 0.773. The van der Waals surface area contributed by atoms with Crippen LogP contribution in [0.3, 0.4) is 0 Å². The predicted molar refractivity (Wildman–Crippen MR) is 67.8 cm³/mol. The highest BCUT2D eigenvalue weighted by molar-refractivity contribution is 6.13. The first-order valence-electron chi connectivity index (χ1n) is 6.25. The van der Waals surface area contributed by atoms with Gasteiger partial charge in [0.05, 0.1) is 12.3 Å². The summed E-state index contributed by atoms with van der Waals surface area (Å²) >= 11 is 0. The molecule has 1 aliphatic rings. The van der Waals surface area contributed by atoms with Gasteiger partial charge in [-0.05, 0) is 6.92 Å². The maximum Gasteiger partial charge on any atom is 0.423 e. The number of ether oxygens (including phenoxy) is 1. The van der Waals surface area contributed by atoms with Crippen molar-refractivity contribution in [3.63, 3.8) is 0 Å². The number of rotatable bonds is 3. The molecular formula is C13H14N2O6. The Kier molecular flexibility index (Phi) is 4.18. The van der Waals surface area contributed by atoms with Gasteiger partial charge in [-0.2, -0.15) is 4.90 Å². The maximum atomic E-state index is 11.7. The lowest BCUT2D eigenvalue weighted by Crippen LogP contribution is -2.35. The fourth-order valence-electron chi connectivity index (χ4n) is 1.97. The zero-order valence-corrected chi connectivity index (χ0v) is 11.3. The number of aliphatic hydroxyl groups is 1. The normalized spacial score (nSPS) is 14.7. The van der Waals surface area contributed by atoms with E-state index < -0.39 is 24.5 Å². The van der Waals surface area contributed by atoms with Gasteiger partial charge < -0.3 is 14.9 Å². The lowest BCUT2D eigenvalue weighted by Gasteiger charge is -2.14. The van der Waals surface area contributed by atoms with E-state index in [2.05, 4.69) is 4.98 Å². The predicted octanol–water partition coefficient (Wildman–Crippen LogP) is 0.374. The van der Waals surface area contributed by atoms with Crippen LogP contribution in [0.25, 0.3) is 0 Å². The number of imide groups is 3. The Hall–Kier alpha value is -2.48. The van der Waals surface area contributed by atoms with E-state index in [0.717, 1.165) is 0 Å². The highest BCUT2D eigenvalue weighted by Gasteiger charge is 2.35. The Morgan fingerprint density at radius 3 is 2.57 bits per heavy atom. The first kappa shape index (κ1) is 14.9. The Labute approximate surface area is 120 Å². The van der Waals surface area contributed by atoms with Crippen molar-refractivity contribution >= 4 is 17.9 Å². The summed E-state index contributed by atoms with van der Waals surface area (Å²) in [7, 11) is 0. The monoisotopic (exact) mass is 294 g/mol. The molecule has 0 bridgehead atoms. The topological polar surface area (TPSA) is 117 Å². The van der Waals surface area contributed by atoms with Crippen molar-refractivity contribution in [2.24, 2.45) is 0 Å². The maximum absolute atomic E-state index is 11.7. The number of aromatic nitrogens is 1. The van der Waals surface area contributed by atoms with Gasteiger partial charge in [0.1, 0.15) is 12.4 Å². The first-order chi connectivity index (χ1) is 9.95. The van der Waals surface area contributed by atoms with Crippen molar-refractivity contribution in [1.82, 2.24) is 9.88 Å². The molecule has 1 aromatic rings. The summed E-state index contributed by atoms with van der Waals surface area (Å²) in [4.78, 5) is 38.8. The highest BCUT2D eigenvalue weighted by Crippen LogP contribution is 2.24. The van der Waals surface area contributed by atoms with Crippen LogP contribution in [0.5, 0.6) is 5.75 Å². The molecule has 2 rings (SSSR count). The Bertz CT molecular complexity index is 597. The van der Waals surface area contributed by atoms with Gasteiger partial charge in [0.25, 0.3) is 0 Å². The molecule has 0 aliphatic carbocycles. The van der Waals surface area contributed by atoms with Gasteiger partial charge in [-0.25, -0.2) is 4.79 Å². The minimum absolute atomic E-state index is 0.0112. The number of aryl methyl sites for hydroxylation is 1. The number of hydrogen-bond acceptors (Lipinski definition) is 7. The Morgan fingerprint density at radius 2 is 2.00 bits per heavy atom. The second-order valence-corrected chi connectivity index (χ2v) is 4.53. The third kappa shape index (κ3) is 2.84. The molecule has 21 heavy (non-hydrogen) atoms. The van der Waals surface area contributed by atoms with Gasteiger partial charge in [0.2, 0.25) is 11.8 Å². The van der Waals surface area contributed by atoms with E-state index in [9.17, 15) is 24.6 Å². The SMILES string of the molecule is Cc1ncc(COC(=O)N2C(=O)CCC2=O)c(CO)c1O. The van der Waals surface area contributed by atoms with Gasteiger partial charge in [0.15, 0.2) is 0 Å². The Morgan fingerprint density at radius 1 is 1.38 bits per heavy atom. The fraction of sp³-hybridized carbons (Fsp3) is 0.385. The first-order valence-corrected chi connectivity index (χ1v) is 6.25. The summed E-state index contributed by atoms with van der Waals surface area (Å²) in [5.74, 6) is -1.38. The molecule has 0 atom stereocenters. The molecular weight excluding hydrogens is 280 g/mol. The van der Waals surface area contributed by atoms with Gasteiger partial charge >= 0.3 is 6.09 Å². The van der Waals surface area contributed by atoms with Crippen molar-refractivity contribution in [3.05, 3.63) is 23.0 Å². The highest BCUT2D eigenvalue weighted by atomic mass is 16.6. The molecule has 0 unspecified atom stereocenters. The Balaban J connectivity index is 2.10. The molecule has 8 nitrogen and oxygen atoms in total. The molecule has 0 radical (unpaired) electrons. The van der Waals surface area contributed by atoms with Crippen molar-refractivity contribution in [3.8, 4) is 5.75 Å². The number of aromatic hydroxyl groups is 1. The molecule has 1 aliphatic heterocycles. The van der Waals surface area contributed by atoms with Crippen molar-refractivity contribution < 1.29 is 29.3 Å². The lowest BCUT2D eigenvalue weighted by molar-refractivity contribution is -0.136. The largest absolute Gasteiger partial charge is 0.506 e.